The molecule has 1 atom stereocenters. The second-order valence-corrected chi connectivity index (χ2v) is 6.76. The van der Waals surface area contributed by atoms with Crippen LogP contribution in [0.3, 0.4) is 0 Å². The molecule has 8 heteroatoms. The van der Waals surface area contributed by atoms with E-state index in [0.29, 0.717) is 35.7 Å². The molecule has 0 saturated heterocycles. The maximum atomic E-state index is 11.9. The first-order valence-corrected chi connectivity index (χ1v) is 9.14. The van der Waals surface area contributed by atoms with Gasteiger partial charge in [-0.05, 0) is 62.5 Å². The van der Waals surface area contributed by atoms with Crippen molar-refractivity contribution in [1.29, 1.82) is 5.41 Å². The number of nitrogens with one attached hydrogen (secondary N) is 2. The number of amidine groups is 1. The molecular weight excluding hydrogens is 392 g/mol. The first kappa shape index (κ1) is 24.3. The summed E-state index contributed by atoms with van der Waals surface area (Å²) in [6.07, 6.45) is 0.776. The van der Waals surface area contributed by atoms with Gasteiger partial charge in [-0.1, -0.05) is 13.0 Å². The monoisotopic (exact) mass is 419 g/mol. The summed E-state index contributed by atoms with van der Waals surface area (Å²) in [6, 6.07) is 11.2. The molecule has 0 aromatic heterocycles. The second kappa shape index (κ2) is 11.3. The van der Waals surface area contributed by atoms with Crippen LogP contribution in [0, 0.1) is 5.41 Å². The number of nitrogens with two attached hydrogens (primary N) is 1. The molecule has 0 amide bonds. The van der Waals surface area contributed by atoms with E-state index in [1.54, 1.807) is 30.3 Å². The van der Waals surface area contributed by atoms with Crippen LogP contribution in [0.15, 0.2) is 42.5 Å². The molecule has 158 valence electrons. The van der Waals surface area contributed by atoms with Gasteiger partial charge in [0.25, 0.3) is 0 Å². The number of benzene rings is 2. The average Bonchev–Trinajstić information content (AvgIpc) is 2.66. The highest BCUT2D eigenvalue weighted by molar-refractivity contribution is 5.95. The number of carbonyl (C=O) groups excluding carboxylic acids is 1. The van der Waals surface area contributed by atoms with Gasteiger partial charge in [-0.3, -0.25) is 5.41 Å². The van der Waals surface area contributed by atoms with E-state index >= 15 is 0 Å². The van der Waals surface area contributed by atoms with Crippen LogP contribution in [0.1, 0.15) is 29.7 Å². The third-order valence-electron chi connectivity index (χ3n) is 4.33. The molecule has 4 N–H and O–H groups in total. The number of hydrogen-bond acceptors (Lipinski definition) is 6. The molecule has 0 heterocycles. The number of rotatable bonds is 10. The Bertz CT molecular complexity index is 825. The zero-order valence-corrected chi connectivity index (χ0v) is 17.7. The standard InChI is InChI=1S/C21H28N4O3.ClH/c1-4-14-5-10-18(28-12-11-25(2)3)17(13-14)19(21(26)27)24-16-8-6-15(7-9-16)20(22)23;/h5-10,13,19,24H,4,11-12H2,1-3H3,(H3,22,23)(H,26,27);1H/p-1. The molecule has 0 aliphatic rings. The van der Waals surface area contributed by atoms with Crippen LogP contribution in [-0.4, -0.2) is 44.0 Å². The molecule has 1 unspecified atom stereocenters. The zero-order valence-electron chi connectivity index (χ0n) is 16.9. The topological polar surface area (TPSA) is 114 Å². The molecule has 0 radical (unpaired) electrons. The summed E-state index contributed by atoms with van der Waals surface area (Å²) in [5.41, 5.74) is 8.14. The highest BCUT2D eigenvalue weighted by atomic mass is 35.5. The molecule has 2 aromatic rings. The van der Waals surface area contributed by atoms with Crippen molar-refractivity contribution in [3.8, 4) is 5.75 Å². The third kappa shape index (κ3) is 6.96. The number of hydrogen-bond donors (Lipinski definition) is 3. The number of anilines is 1. The summed E-state index contributed by atoms with van der Waals surface area (Å²) in [5, 5.41) is 22.4. The van der Waals surface area contributed by atoms with Crippen LogP contribution in [0.25, 0.3) is 0 Å². The minimum absolute atomic E-state index is 0. The van der Waals surface area contributed by atoms with E-state index in [4.69, 9.17) is 15.9 Å². The molecule has 0 aliphatic heterocycles. The first-order valence-electron chi connectivity index (χ1n) is 9.14. The lowest BCUT2D eigenvalue weighted by atomic mass is 10.0. The highest BCUT2D eigenvalue weighted by Gasteiger charge is 2.19. The molecule has 7 nitrogen and oxygen atoms in total. The van der Waals surface area contributed by atoms with Crippen molar-refractivity contribution < 1.29 is 14.6 Å². The predicted molar refractivity (Wildman–Crippen MR) is 116 cm³/mol. The third-order valence-corrected chi connectivity index (χ3v) is 4.33. The number of carboxylic acid groups (broad SMARTS) is 1. The first-order chi connectivity index (χ1) is 13.3. The number of nitrogens with zero attached hydrogens (tertiary/aromatic N) is 1. The van der Waals surface area contributed by atoms with E-state index in [0.717, 1.165) is 12.0 Å². The minimum atomic E-state index is -1.25. The van der Waals surface area contributed by atoms with Gasteiger partial charge in [0.2, 0.25) is 0 Å². The zero-order chi connectivity index (χ0) is 20.7. The Hall–Kier alpha value is -2.77. The van der Waals surface area contributed by atoms with Gasteiger partial charge < -0.3 is 30.6 Å². The number of carbonyl (C=O) groups is 1. The molecule has 2 aromatic carbocycles. The lowest BCUT2D eigenvalue weighted by Gasteiger charge is -2.25. The summed E-state index contributed by atoms with van der Waals surface area (Å²) >= 11 is 0. The van der Waals surface area contributed by atoms with Crippen molar-refractivity contribution in [2.75, 3.05) is 32.6 Å². The molecule has 0 bridgehead atoms. The Labute approximate surface area is 177 Å². The fourth-order valence-electron chi connectivity index (χ4n) is 2.69. The number of nitrogen functional groups attached to an aromatic ring is 1. The molecule has 0 spiro atoms. The van der Waals surface area contributed by atoms with Crippen molar-refractivity contribution in [1.82, 2.24) is 4.90 Å². The van der Waals surface area contributed by atoms with Gasteiger partial charge in [0, 0.05) is 23.4 Å². The van der Waals surface area contributed by atoms with Crippen LogP contribution in [0.2, 0.25) is 0 Å². The quantitative estimate of drug-likeness (QED) is 0.399. The largest absolute Gasteiger partial charge is 0.548 e. The number of likely N-dealkylation sites (N-methyl/N-ethyl adjacent to an activating group) is 1. The van der Waals surface area contributed by atoms with E-state index in [1.165, 1.54) is 0 Å². The Kier molecular flexibility index (Phi) is 9.44. The van der Waals surface area contributed by atoms with Crippen molar-refractivity contribution in [3.63, 3.8) is 0 Å². The van der Waals surface area contributed by atoms with Gasteiger partial charge in [0.15, 0.2) is 0 Å². The van der Waals surface area contributed by atoms with Gasteiger partial charge in [-0.15, -0.1) is 12.4 Å². The summed E-state index contributed by atoms with van der Waals surface area (Å²) in [7, 11) is 3.89. The maximum Gasteiger partial charge on any atom is 0.125 e. The SMILES string of the molecule is CCc1ccc(OCCN(C)C)c(C(Nc2ccc(C(=N)N)cc2)C(=O)[O-])c1.Cl. The lowest BCUT2D eigenvalue weighted by molar-refractivity contribution is -0.307. The van der Waals surface area contributed by atoms with Gasteiger partial charge in [-0.25, -0.2) is 0 Å². The number of halogens is 1. The van der Waals surface area contributed by atoms with Crippen LogP contribution in [0.4, 0.5) is 5.69 Å². The van der Waals surface area contributed by atoms with Crippen molar-refractivity contribution in [2.24, 2.45) is 5.73 Å². The van der Waals surface area contributed by atoms with E-state index < -0.39 is 12.0 Å². The number of carboxylic acids is 1. The molecule has 0 saturated carbocycles. The molecule has 0 aliphatic carbocycles. The lowest BCUT2D eigenvalue weighted by Crippen LogP contribution is -2.34. The number of aryl methyl sites for hydroxylation is 1. The van der Waals surface area contributed by atoms with Crippen molar-refractivity contribution >= 4 is 29.9 Å². The van der Waals surface area contributed by atoms with Crippen LogP contribution in [0.5, 0.6) is 5.75 Å². The fraction of sp³-hybridized carbons (Fsp3) is 0.333. The van der Waals surface area contributed by atoms with Gasteiger partial charge in [0.05, 0.1) is 12.0 Å². The minimum Gasteiger partial charge on any atom is -0.548 e. The highest BCUT2D eigenvalue weighted by Crippen LogP contribution is 2.29. The van der Waals surface area contributed by atoms with Crippen LogP contribution < -0.4 is 20.9 Å². The normalized spacial score (nSPS) is 11.4. The van der Waals surface area contributed by atoms with E-state index in [2.05, 4.69) is 5.32 Å². The van der Waals surface area contributed by atoms with E-state index in [1.807, 2.05) is 38.1 Å². The van der Waals surface area contributed by atoms with Gasteiger partial charge >= 0.3 is 0 Å². The van der Waals surface area contributed by atoms with Gasteiger partial charge in [-0.2, -0.15) is 0 Å². The Balaban J connectivity index is 0.00000420. The van der Waals surface area contributed by atoms with Crippen LogP contribution >= 0.6 is 12.4 Å². The summed E-state index contributed by atoms with van der Waals surface area (Å²) in [5.74, 6) is -0.780. The molecule has 29 heavy (non-hydrogen) atoms. The number of ether oxygens (including phenoxy) is 1. The molecular formula is C21H28ClN4O3-. The predicted octanol–water partition coefficient (Wildman–Crippen LogP) is 1.80. The number of aliphatic carboxylic acids is 1. The summed E-state index contributed by atoms with van der Waals surface area (Å²) in [6.45, 7) is 3.16. The smallest absolute Gasteiger partial charge is 0.125 e. The van der Waals surface area contributed by atoms with E-state index in [9.17, 15) is 9.90 Å². The maximum absolute atomic E-state index is 11.9. The summed E-state index contributed by atoms with van der Waals surface area (Å²) in [4.78, 5) is 13.9. The van der Waals surface area contributed by atoms with Crippen molar-refractivity contribution in [2.45, 2.75) is 19.4 Å². The molecule has 0 fully saturated rings. The summed E-state index contributed by atoms with van der Waals surface area (Å²) < 4.78 is 5.85. The Morgan fingerprint density at radius 3 is 2.41 bits per heavy atom. The average molecular weight is 420 g/mol. The fourth-order valence-corrected chi connectivity index (χ4v) is 2.69. The van der Waals surface area contributed by atoms with Gasteiger partial charge in [0.1, 0.15) is 18.2 Å². The molecule has 2 rings (SSSR count). The van der Waals surface area contributed by atoms with Crippen molar-refractivity contribution in [3.05, 3.63) is 59.2 Å². The second-order valence-electron chi connectivity index (χ2n) is 6.76. The Morgan fingerprint density at radius 1 is 1.24 bits per heavy atom. The Morgan fingerprint density at radius 2 is 1.90 bits per heavy atom. The van der Waals surface area contributed by atoms with E-state index in [-0.39, 0.29) is 18.2 Å². The van der Waals surface area contributed by atoms with Crippen LogP contribution in [-0.2, 0) is 11.2 Å².